The van der Waals surface area contributed by atoms with Crippen molar-refractivity contribution in [2.24, 2.45) is 11.7 Å². The second kappa shape index (κ2) is 11.3. The van der Waals surface area contributed by atoms with Crippen molar-refractivity contribution in [3.63, 3.8) is 0 Å². The molecule has 9 nitrogen and oxygen atoms in total. The maximum atomic E-state index is 12.5. The van der Waals surface area contributed by atoms with Crippen molar-refractivity contribution in [1.29, 1.82) is 5.41 Å². The lowest BCUT2D eigenvalue weighted by atomic mass is 10.0. The molecule has 26 heavy (non-hydrogen) atoms. The molecular formula is C17H33N5O4. The molecule has 0 bridgehead atoms. The Labute approximate surface area is 155 Å². The van der Waals surface area contributed by atoms with Crippen LogP contribution in [0.25, 0.3) is 0 Å². The summed E-state index contributed by atoms with van der Waals surface area (Å²) in [6.45, 7) is 9.51. The van der Waals surface area contributed by atoms with E-state index >= 15 is 0 Å². The van der Waals surface area contributed by atoms with Crippen LogP contribution in [0, 0.1) is 11.3 Å². The van der Waals surface area contributed by atoms with Gasteiger partial charge in [0.1, 0.15) is 17.9 Å². The van der Waals surface area contributed by atoms with Gasteiger partial charge >= 0.3 is 6.09 Å². The Morgan fingerprint density at radius 2 is 1.85 bits per heavy atom. The summed E-state index contributed by atoms with van der Waals surface area (Å²) in [6.07, 6.45) is 1.36. The number of hydrogen-bond acceptors (Lipinski definition) is 5. The van der Waals surface area contributed by atoms with E-state index in [0.717, 1.165) is 0 Å². The summed E-state index contributed by atoms with van der Waals surface area (Å²) in [4.78, 5) is 35.7. The van der Waals surface area contributed by atoms with Crippen molar-refractivity contribution in [1.82, 2.24) is 16.0 Å². The second-order valence-corrected chi connectivity index (χ2v) is 7.56. The smallest absolute Gasteiger partial charge is 0.408 e. The number of nitrogens with two attached hydrogens (primary N) is 1. The zero-order chi connectivity index (χ0) is 20.3. The van der Waals surface area contributed by atoms with Crippen LogP contribution in [0.5, 0.6) is 0 Å². The van der Waals surface area contributed by atoms with Crippen molar-refractivity contribution in [2.45, 2.75) is 71.6 Å². The molecule has 0 aromatic heterocycles. The van der Waals surface area contributed by atoms with Gasteiger partial charge in [0, 0.05) is 6.54 Å². The van der Waals surface area contributed by atoms with Crippen molar-refractivity contribution in [3.8, 4) is 0 Å². The molecule has 2 atom stereocenters. The van der Waals surface area contributed by atoms with Crippen molar-refractivity contribution < 1.29 is 19.1 Å². The van der Waals surface area contributed by atoms with E-state index in [1.54, 1.807) is 20.8 Å². The van der Waals surface area contributed by atoms with Gasteiger partial charge in [-0.25, -0.2) is 4.79 Å². The Balaban J connectivity index is 4.70. The summed E-state index contributed by atoms with van der Waals surface area (Å²) in [7, 11) is 0. The Morgan fingerprint density at radius 3 is 2.31 bits per heavy atom. The van der Waals surface area contributed by atoms with Crippen molar-refractivity contribution >= 4 is 24.2 Å². The summed E-state index contributed by atoms with van der Waals surface area (Å²) in [5, 5.41) is 14.9. The van der Waals surface area contributed by atoms with Crippen molar-refractivity contribution in [2.75, 3.05) is 6.54 Å². The van der Waals surface area contributed by atoms with E-state index in [1.807, 2.05) is 13.8 Å². The summed E-state index contributed by atoms with van der Waals surface area (Å²) in [5.41, 5.74) is 4.51. The molecule has 2 amide bonds. The third kappa shape index (κ3) is 12.1. The van der Waals surface area contributed by atoms with Gasteiger partial charge in [-0.1, -0.05) is 13.8 Å². The summed E-state index contributed by atoms with van der Waals surface area (Å²) < 4.78 is 5.19. The van der Waals surface area contributed by atoms with E-state index in [4.69, 9.17) is 15.9 Å². The van der Waals surface area contributed by atoms with Crippen LogP contribution in [-0.4, -0.2) is 48.5 Å². The molecule has 0 unspecified atom stereocenters. The molecule has 0 fully saturated rings. The Kier molecular flexibility index (Phi) is 10.3. The van der Waals surface area contributed by atoms with E-state index in [9.17, 15) is 14.4 Å². The molecule has 0 saturated carbocycles. The molecule has 0 spiro atoms. The molecule has 0 aromatic rings. The summed E-state index contributed by atoms with van der Waals surface area (Å²) >= 11 is 0. The number of carbonyl (C=O) groups is 3. The predicted octanol–water partition coefficient (Wildman–Crippen LogP) is 0.873. The lowest BCUT2D eigenvalue weighted by Crippen LogP contribution is -2.51. The fourth-order valence-electron chi connectivity index (χ4n) is 2.16. The van der Waals surface area contributed by atoms with Gasteiger partial charge in [-0.3, -0.25) is 10.2 Å². The standard InChI is InChI=1S/C17H33N5O4/c1-11(2)9-13(22-16(25)26-17(3,4)5)14(24)21-12(10-23)7-6-8-20-15(18)19/h10-13H,6-9H2,1-5H3,(H,21,24)(H,22,25)(H4,18,19,20)/t12-,13-/m0/s1. The Bertz CT molecular complexity index is 488. The zero-order valence-electron chi connectivity index (χ0n) is 16.3. The normalized spacial score (nSPS) is 13.5. The van der Waals surface area contributed by atoms with Crippen LogP contribution in [0.4, 0.5) is 4.79 Å². The van der Waals surface area contributed by atoms with Crippen LogP contribution >= 0.6 is 0 Å². The minimum atomic E-state index is -0.789. The molecule has 0 aromatic carbocycles. The third-order valence-corrected chi connectivity index (χ3v) is 3.21. The topological polar surface area (TPSA) is 146 Å². The number of ether oxygens (including phenoxy) is 1. The first kappa shape index (κ1) is 23.7. The first-order valence-corrected chi connectivity index (χ1v) is 8.77. The summed E-state index contributed by atoms with van der Waals surface area (Å²) in [5.74, 6) is -0.411. The lowest BCUT2D eigenvalue weighted by Gasteiger charge is -2.25. The average Bonchev–Trinajstić information content (AvgIpc) is 2.46. The van der Waals surface area contributed by atoms with E-state index in [1.165, 1.54) is 0 Å². The van der Waals surface area contributed by atoms with E-state index < -0.39 is 29.7 Å². The van der Waals surface area contributed by atoms with Gasteiger partial charge in [0.15, 0.2) is 5.96 Å². The van der Waals surface area contributed by atoms with Crippen LogP contribution in [-0.2, 0) is 14.3 Å². The van der Waals surface area contributed by atoms with Crippen LogP contribution in [0.3, 0.4) is 0 Å². The maximum Gasteiger partial charge on any atom is 0.408 e. The van der Waals surface area contributed by atoms with Gasteiger partial charge in [-0.15, -0.1) is 0 Å². The fourth-order valence-corrected chi connectivity index (χ4v) is 2.16. The van der Waals surface area contributed by atoms with E-state index in [2.05, 4.69) is 16.0 Å². The van der Waals surface area contributed by atoms with Crippen LogP contribution in [0.15, 0.2) is 0 Å². The number of hydrogen-bond donors (Lipinski definition) is 5. The third-order valence-electron chi connectivity index (χ3n) is 3.21. The molecule has 9 heteroatoms. The van der Waals surface area contributed by atoms with Gasteiger partial charge in [0.2, 0.25) is 5.91 Å². The van der Waals surface area contributed by atoms with E-state index in [0.29, 0.717) is 32.1 Å². The van der Waals surface area contributed by atoms with Gasteiger partial charge in [0.25, 0.3) is 0 Å². The largest absolute Gasteiger partial charge is 0.444 e. The number of carbonyl (C=O) groups excluding carboxylic acids is 3. The highest BCUT2D eigenvalue weighted by Crippen LogP contribution is 2.10. The predicted molar refractivity (Wildman–Crippen MR) is 99.8 cm³/mol. The molecular weight excluding hydrogens is 338 g/mol. The maximum absolute atomic E-state index is 12.5. The zero-order valence-corrected chi connectivity index (χ0v) is 16.3. The van der Waals surface area contributed by atoms with Crippen LogP contribution in [0.2, 0.25) is 0 Å². The minimum absolute atomic E-state index is 0.143. The summed E-state index contributed by atoms with van der Waals surface area (Å²) in [6, 6.07) is -1.46. The molecule has 0 heterocycles. The molecule has 0 saturated heterocycles. The molecule has 0 radical (unpaired) electrons. The molecule has 0 rings (SSSR count). The molecule has 0 aliphatic carbocycles. The highest BCUT2D eigenvalue weighted by Gasteiger charge is 2.26. The van der Waals surface area contributed by atoms with Crippen LogP contribution < -0.4 is 21.7 Å². The number of amides is 2. The minimum Gasteiger partial charge on any atom is -0.444 e. The second-order valence-electron chi connectivity index (χ2n) is 7.56. The monoisotopic (exact) mass is 371 g/mol. The highest BCUT2D eigenvalue weighted by atomic mass is 16.6. The first-order valence-electron chi connectivity index (χ1n) is 8.77. The van der Waals surface area contributed by atoms with Gasteiger partial charge in [0.05, 0.1) is 6.04 Å². The van der Waals surface area contributed by atoms with Gasteiger partial charge in [-0.2, -0.15) is 0 Å². The quantitative estimate of drug-likeness (QED) is 0.167. The highest BCUT2D eigenvalue weighted by molar-refractivity contribution is 5.87. The SMILES string of the molecule is CC(C)C[C@H](NC(=O)OC(C)(C)C)C(=O)N[C@H](C=O)CCCNC(=N)N. The van der Waals surface area contributed by atoms with E-state index in [-0.39, 0.29) is 11.9 Å². The molecule has 6 N–H and O–H groups in total. The number of rotatable bonds is 10. The van der Waals surface area contributed by atoms with Crippen molar-refractivity contribution in [3.05, 3.63) is 0 Å². The van der Waals surface area contributed by atoms with Crippen LogP contribution in [0.1, 0.15) is 53.9 Å². The number of aldehydes is 1. The molecule has 150 valence electrons. The average molecular weight is 371 g/mol. The Morgan fingerprint density at radius 1 is 1.23 bits per heavy atom. The van der Waals surface area contributed by atoms with Gasteiger partial charge in [-0.05, 0) is 46.0 Å². The number of alkyl carbamates (subject to hydrolysis) is 1. The molecule has 0 aliphatic rings. The lowest BCUT2D eigenvalue weighted by molar-refractivity contribution is -0.126. The first-order chi connectivity index (χ1) is 11.9. The fraction of sp³-hybridized carbons (Fsp3) is 0.765. The Hall–Kier alpha value is -2.32. The van der Waals surface area contributed by atoms with Gasteiger partial charge < -0.3 is 31.2 Å². The number of nitrogens with one attached hydrogen (secondary N) is 4. The number of guanidine groups is 1. The molecule has 0 aliphatic heterocycles.